The van der Waals surface area contributed by atoms with Gasteiger partial charge >= 0.3 is 0 Å². The minimum atomic E-state index is 0.383. The van der Waals surface area contributed by atoms with Gasteiger partial charge in [0.15, 0.2) is 16.5 Å². The van der Waals surface area contributed by atoms with Gasteiger partial charge in [0, 0.05) is 29.5 Å². The molecule has 0 atom stereocenters. The summed E-state index contributed by atoms with van der Waals surface area (Å²) in [6.07, 6.45) is 3.92. The van der Waals surface area contributed by atoms with Crippen LogP contribution in [0, 0.1) is 0 Å². The maximum atomic E-state index is 5.74. The molecule has 98 valence electrons. The first kappa shape index (κ1) is 11.9. The molecule has 2 N–H and O–H groups in total. The lowest BCUT2D eigenvalue weighted by Crippen LogP contribution is -1.99. The van der Waals surface area contributed by atoms with Crippen LogP contribution in [0.4, 0.5) is 5.69 Å². The number of nitrogens with two attached hydrogens (primary N) is 1. The number of anilines is 1. The van der Waals surface area contributed by atoms with Crippen molar-refractivity contribution in [2.45, 2.75) is 6.61 Å². The zero-order valence-corrected chi connectivity index (χ0v) is 11.2. The summed E-state index contributed by atoms with van der Waals surface area (Å²) < 4.78 is 12.9. The molecule has 0 aliphatic carbocycles. The van der Waals surface area contributed by atoms with Crippen LogP contribution in [-0.4, -0.2) is 16.5 Å². The van der Waals surface area contributed by atoms with Gasteiger partial charge in [0.1, 0.15) is 6.61 Å². The normalized spacial score (nSPS) is 10.8. The van der Waals surface area contributed by atoms with Crippen LogP contribution in [0.3, 0.4) is 0 Å². The maximum absolute atomic E-state index is 5.74. The highest BCUT2D eigenvalue weighted by atomic mass is 32.1. The Labute approximate surface area is 114 Å². The lowest BCUT2D eigenvalue weighted by molar-refractivity contribution is 0.281. The van der Waals surface area contributed by atoms with Gasteiger partial charge in [-0.15, -0.1) is 11.3 Å². The SMILES string of the molecule is COc1ccc(N)cc1OCc1cn2ccsc2n1. The molecular formula is C13H13N3O2S. The number of thiazole rings is 1. The molecule has 0 bridgehead atoms. The van der Waals surface area contributed by atoms with E-state index in [1.54, 1.807) is 36.6 Å². The largest absolute Gasteiger partial charge is 0.493 e. The van der Waals surface area contributed by atoms with Gasteiger partial charge in [-0.3, -0.25) is 4.40 Å². The fourth-order valence-corrected chi connectivity index (χ4v) is 2.52. The number of nitrogens with zero attached hydrogens (tertiary/aromatic N) is 2. The summed E-state index contributed by atoms with van der Waals surface area (Å²) in [7, 11) is 1.60. The predicted octanol–water partition coefficient (Wildman–Crippen LogP) is 2.57. The Morgan fingerprint density at radius 1 is 1.37 bits per heavy atom. The molecule has 0 saturated carbocycles. The molecule has 0 aliphatic rings. The molecule has 3 rings (SSSR count). The molecule has 19 heavy (non-hydrogen) atoms. The molecule has 0 fully saturated rings. The summed E-state index contributed by atoms with van der Waals surface area (Å²) in [5, 5.41) is 1.99. The van der Waals surface area contributed by atoms with E-state index in [9.17, 15) is 0 Å². The van der Waals surface area contributed by atoms with Crippen LogP contribution >= 0.6 is 11.3 Å². The lowest BCUT2D eigenvalue weighted by atomic mass is 10.3. The van der Waals surface area contributed by atoms with Crippen LogP contribution in [-0.2, 0) is 6.61 Å². The Morgan fingerprint density at radius 3 is 3.05 bits per heavy atom. The van der Waals surface area contributed by atoms with Crippen molar-refractivity contribution in [3.05, 3.63) is 41.7 Å². The molecule has 2 heterocycles. The zero-order chi connectivity index (χ0) is 13.2. The van der Waals surface area contributed by atoms with Crippen LogP contribution in [0.2, 0.25) is 0 Å². The van der Waals surface area contributed by atoms with Crippen molar-refractivity contribution in [2.24, 2.45) is 0 Å². The minimum Gasteiger partial charge on any atom is -0.493 e. The molecule has 2 aromatic heterocycles. The molecule has 3 aromatic rings. The summed E-state index contributed by atoms with van der Waals surface area (Å²) in [6.45, 7) is 0.383. The standard InChI is InChI=1S/C13H13N3O2S/c1-17-11-3-2-9(14)6-12(11)18-8-10-7-16-4-5-19-13(16)15-10/h2-7H,8,14H2,1H3. The number of hydrogen-bond donors (Lipinski definition) is 1. The first-order chi connectivity index (χ1) is 9.26. The van der Waals surface area contributed by atoms with E-state index in [2.05, 4.69) is 4.98 Å². The van der Waals surface area contributed by atoms with Crippen LogP contribution in [0.1, 0.15) is 5.69 Å². The summed E-state index contributed by atoms with van der Waals surface area (Å²) in [5.74, 6) is 1.29. The maximum Gasteiger partial charge on any atom is 0.193 e. The fourth-order valence-electron chi connectivity index (χ4n) is 1.80. The van der Waals surface area contributed by atoms with E-state index >= 15 is 0 Å². The summed E-state index contributed by atoms with van der Waals surface area (Å²) in [4.78, 5) is 5.41. The van der Waals surface area contributed by atoms with Crippen molar-refractivity contribution in [3.8, 4) is 11.5 Å². The number of nitrogen functional groups attached to an aromatic ring is 1. The van der Waals surface area contributed by atoms with Crippen LogP contribution in [0.5, 0.6) is 11.5 Å². The van der Waals surface area contributed by atoms with Crippen molar-refractivity contribution in [3.63, 3.8) is 0 Å². The Kier molecular flexibility index (Phi) is 3.00. The molecule has 0 spiro atoms. The van der Waals surface area contributed by atoms with Gasteiger partial charge in [-0.1, -0.05) is 0 Å². The van der Waals surface area contributed by atoms with Crippen molar-refractivity contribution >= 4 is 22.0 Å². The third-order valence-corrected chi connectivity index (χ3v) is 3.48. The topological polar surface area (TPSA) is 61.8 Å². The minimum absolute atomic E-state index is 0.383. The molecule has 1 aromatic carbocycles. The van der Waals surface area contributed by atoms with Crippen molar-refractivity contribution < 1.29 is 9.47 Å². The second-order valence-electron chi connectivity index (χ2n) is 4.02. The Morgan fingerprint density at radius 2 is 2.26 bits per heavy atom. The van der Waals surface area contributed by atoms with Gasteiger partial charge in [0.2, 0.25) is 0 Å². The van der Waals surface area contributed by atoms with E-state index in [1.165, 1.54) is 0 Å². The molecule has 0 amide bonds. The van der Waals surface area contributed by atoms with Gasteiger partial charge in [-0.05, 0) is 12.1 Å². The van der Waals surface area contributed by atoms with Crippen molar-refractivity contribution in [2.75, 3.05) is 12.8 Å². The van der Waals surface area contributed by atoms with Crippen LogP contribution in [0.25, 0.3) is 4.96 Å². The predicted molar refractivity (Wildman–Crippen MR) is 74.8 cm³/mol. The van der Waals surface area contributed by atoms with E-state index in [0.717, 1.165) is 10.7 Å². The van der Waals surface area contributed by atoms with Gasteiger partial charge in [-0.25, -0.2) is 4.98 Å². The monoisotopic (exact) mass is 275 g/mol. The van der Waals surface area contributed by atoms with E-state index in [-0.39, 0.29) is 0 Å². The van der Waals surface area contributed by atoms with E-state index in [0.29, 0.717) is 23.8 Å². The summed E-state index contributed by atoms with van der Waals surface area (Å²) in [6, 6.07) is 5.31. The number of rotatable bonds is 4. The second kappa shape index (κ2) is 4.81. The third-order valence-electron chi connectivity index (χ3n) is 2.71. The molecule has 0 saturated heterocycles. The van der Waals surface area contributed by atoms with E-state index < -0.39 is 0 Å². The van der Waals surface area contributed by atoms with Gasteiger partial charge in [0.25, 0.3) is 0 Å². The van der Waals surface area contributed by atoms with Crippen LogP contribution < -0.4 is 15.2 Å². The Bertz CT molecular complexity index is 676. The Balaban J connectivity index is 1.78. The molecule has 5 nitrogen and oxygen atoms in total. The van der Waals surface area contributed by atoms with Gasteiger partial charge < -0.3 is 15.2 Å². The highest BCUT2D eigenvalue weighted by Crippen LogP contribution is 2.29. The highest BCUT2D eigenvalue weighted by molar-refractivity contribution is 7.15. The zero-order valence-electron chi connectivity index (χ0n) is 10.4. The Hall–Kier alpha value is -2.21. The number of ether oxygens (including phenoxy) is 2. The number of imidazole rings is 1. The number of benzene rings is 1. The third kappa shape index (κ3) is 2.34. The highest BCUT2D eigenvalue weighted by Gasteiger charge is 2.07. The average molecular weight is 275 g/mol. The van der Waals surface area contributed by atoms with Crippen molar-refractivity contribution in [1.29, 1.82) is 0 Å². The van der Waals surface area contributed by atoms with Crippen molar-refractivity contribution in [1.82, 2.24) is 9.38 Å². The van der Waals surface area contributed by atoms with Crippen LogP contribution in [0.15, 0.2) is 36.0 Å². The average Bonchev–Trinajstić information content (AvgIpc) is 2.97. The smallest absolute Gasteiger partial charge is 0.193 e. The lowest BCUT2D eigenvalue weighted by Gasteiger charge is -2.10. The molecule has 6 heteroatoms. The van der Waals surface area contributed by atoms with Gasteiger partial charge in [-0.2, -0.15) is 0 Å². The number of hydrogen-bond acceptors (Lipinski definition) is 5. The summed E-state index contributed by atoms with van der Waals surface area (Å²) >= 11 is 1.59. The molecular weight excluding hydrogens is 262 g/mol. The first-order valence-corrected chi connectivity index (χ1v) is 6.61. The molecule has 0 aliphatic heterocycles. The van der Waals surface area contributed by atoms with E-state index in [4.69, 9.17) is 15.2 Å². The van der Waals surface area contributed by atoms with Gasteiger partial charge in [0.05, 0.1) is 12.8 Å². The number of fused-ring (bicyclic) bond motifs is 1. The number of methoxy groups -OCH3 is 1. The molecule has 0 unspecified atom stereocenters. The number of aromatic nitrogens is 2. The first-order valence-electron chi connectivity index (χ1n) is 5.73. The fraction of sp³-hybridized carbons (Fsp3) is 0.154. The van der Waals surface area contributed by atoms with E-state index in [1.807, 2.05) is 22.2 Å². The molecule has 0 radical (unpaired) electrons. The second-order valence-corrected chi connectivity index (χ2v) is 4.90. The quantitative estimate of drug-likeness (QED) is 0.743. The summed E-state index contributed by atoms with van der Waals surface area (Å²) in [5.41, 5.74) is 7.25.